The molecule has 234 valence electrons. The van der Waals surface area contributed by atoms with E-state index < -0.39 is 6.36 Å². The molecule has 1 fully saturated rings. The van der Waals surface area contributed by atoms with Crippen LogP contribution >= 0.6 is 24.0 Å². The number of halogens is 3. The molecule has 2 heterocycles. The topological polar surface area (TPSA) is 71.8 Å². The van der Waals surface area contributed by atoms with Crippen LogP contribution in [0.5, 0.6) is 5.75 Å². The number of alkyl halides is 3. The van der Waals surface area contributed by atoms with Gasteiger partial charge in [0.1, 0.15) is 5.75 Å². The number of carbonyl (C=O) groups is 1. The number of amidine groups is 1. The highest BCUT2D eigenvalue weighted by Crippen LogP contribution is 2.34. The molecular weight excluding hydrogens is 620 g/mol. The molecule has 0 bridgehead atoms. The van der Waals surface area contributed by atoms with Crippen molar-refractivity contribution in [2.45, 2.75) is 39.5 Å². The molecule has 4 aromatic rings. The zero-order valence-corrected chi connectivity index (χ0v) is 26.8. The monoisotopic (exact) mass is 651 g/mol. The lowest BCUT2D eigenvalue weighted by atomic mass is 9.99. The second-order valence-corrected chi connectivity index (χ2v) is 12.2. The molecule has 1 N–H and O–H groups in total. The molecule has 1 amide bonds. The minimum atomic E-state index is -4.74. The first kappa shape index (κ1) is 32.2. The third kappa shape index (κ3) is 7.93. The molecule has 1 saturated heterocycles. The first-order valence-electron chi connectivity index (χ1n) is 14.3. The van der Waals surface area contributed by atoms with Gasteiger partial charge in [0.15, 0.2) is 10.3 Å². The van der Waals surface area contributed by atoms with Gasteiger partial charge in [-0.05, 0) is 90.1 Å². The average molecular weight is 652 g/mol. The van der Waals surface area contributed by atoms with Crippen molar-refractivity contribution in [1.82, 2.24) is 15.1 Å². The van der Waals surface area contributed by atoms with Crippen LogP contribution in [0.1, 0.15) is 36.5 Å². The van der Waals surface area contributed by atoms with Crippen LogP contribution in [0.2, 0.25) is 0 Å². The van der Waals surface area contributed by atoms with E-state index in [1.807, 2.05) is 50.4 Å². The van der Waals surface area contributed by atoms with Crippen molar-refractivity contribution in [3.8, 4) is 28.3 Å². The van der Waals surface area contributed by atoms with Crippen molar-refractivity contribution < 1.29 is 22.7 Å². The zero-order chi connectivity index (χ0) is 32.3. The standard InChI is InChI=1S/C33H32F3N5O2S2/c1-20(2)26-14-5-21(3)17-29(26)41-30(42)19-45-32(41)38-31(44)37-16-15-22-6-8-24(9-7-22)28-18-27(39-40(28)4)23-10-12-25(13-11-23)43-33(34,35)36/h5-14,17-18,20H,15-16,19H2,1-4H3,(H,37,44)/b38-32-. The average Bonchev–Trinajstić information content (AvgIpc) is 3.54. The fraction of sp³-hybridized carbons (Fsp3) is 0.273. The molecule has 0 unspecified atom stereocenters. The van der Waals surface area contributed by atoms with E-state index in [4.69, 9.17) is 12.2 Å². The number of nitrogens with one attached hydrogen (secondary N) is 1. The van der Waals surface area contributed by atoms with Crippen LogP contribution in [0.15, 0.2) is 77.8 Å². The number of thiocarbonyl (C=S) groups is 1. The summed E-state index contributed by atoms with van der Waals surface area (Å²) >= 11 is 6.90. The van der Waals surface area contributed by atoms with E-state index in [1.54, 1.807) is 21.7 Å². The van der Waals surface area contributed by atoms with Gasteiger partial charge in [-0.3, -0.25) is 14.4 Å². The minimum absolute atomic E-state index is 0.0110. The summed E-state index contributed by atoms with van der Waals surface area (Å²) in [6, 6.07) is 21.7. The largest absolute Gasteiger partial charge is 0.573 e. The van der Waals surface area contributed by atoms with E-state index in [0.717, 1.165) is 33.6 Å². The number of aromatic nitrogens is 2. The molecule has 1 aliphatic rings. The third-order valence-corrected chi connectivity index (χ3v) is 8.37. The molecule has 1 aliphatic heterocycles. The number of benzene rings is 3. The lowest BCUT2D eigenvalue weighted by Crippen LogP contribution is -2.32. The summed E-state index contributed by atoms with van der Waals surface area (Å²) in [5, 5.41) is 8.63. The van der Waals surface area contributed by atoms with Gasteiger partial charge in [0.2, 0.25) is 5.91 Å². The normalized spacial score (nSPS) is 14.4. The number of amides is 1. The highest BCUT2D eigenvalue weighted by atomic mass is 32.2. The number of aryl methyl sites for hydroxylation is 2. The van der Waals surface area contributed by atoms with Crippen LogP contribution < -0.4 is 15.0 Å². The van der Waals surface area contributed by atoms with Crippen LogP contribution in [-0.2, 0) is 18.3 Å². The summed E-state index contributed by atoms with van der Waals surface area (Å²) in [6.07, 6.45) is -4.03. The van der Waals surface area contributed by atoms with Crippen molar-refractivity contribution in [3.05, 3.63) is 89.5 Å². The van der Waals surface area contributed by atoms with Crippen molar-refractivity contribution >= 4 is 45.9 Å². The molecule has 1 aromatic heterocycles. The van der Waals surface area contributed by atoms with Gasteiger partial charge in [0.25, 0.3) is 0 Å². The van der Waals surface area contributed by atoms with E-state index >= 15 is 0 Å². The van der Waals surface area contributed by atoms with Crippen LogP contribution in [-0.4, -0.2) is 44.6 Å². The smallest absolute Gasteiger partial charge is 0.406 e. The summed E-state index contributed by atoms with van der Waals surface area (Å²) in [4.78, 5) is 19.1. The summed E-state index contributed by atoms with van der Waals surface area (Å²) in [5.41, 5.74) is 7.24. The Balaban J connectivity index is 1.20. The number of aliphatic imine (C=N–C) groups is 1. The zero-order valence-electron chi connectivity index (χ0n) is 25.2. The maximum absolute atomic E-state index is 12.8. The van der Waals surface area contributed by atoms with Crippen molar-refractivity contribution in [2.24, 2.45) is 12.0 Å². The summed E-state index contributed by atoms with van der Waals surface area (Å²) in [5.74, 6) is 0.278. The molecule has 0 atom stereocenters. The van der Waals surface area contributed by atoms with Crippen molar-refractivity contribution in [3.63, 3.8) is 0 Å². The first-order valence-corrected chi connectivity index (χ1v) is 15.7. The van der Waals surface area contributed by atoms with E-state index in [1.165, 1.54) is 23.9 Å². The molecule has 12 heteroatoms. The Kier molecular flexibility index (Phi) is 9.64. The SMILES string of the molecule is Cc1ccc(C(C)C)c(N2C(=O)CS/C2=N\C(=S)NCCc2ccc(-c3cc(-c4ccc(OC(F)(F)F)cc4)nn3C)cc2)c1. The maximum atomic E-state index is 12.8. The predicted octanol–water partition coefficient (Wildman–Crippen LogP) is 7.64. The molecule has 0 saturated carbocycles. The summed E-state index contributed by atoms with van der Waals surface area (Å²) in [7, 11) is 1.82. The molecule has 0 radical (unpaired) electrons. The van der Waals surface area contributed by atoms with E-state index in [2.05, 4.69) is 46.1 Å². The number of thioether (sulfide) groups is 1. The Morgan fingerprint density at radius 3 is 2.42 bits per heavy atom. The fourth-order valence-corrected chi connectivity index (χ4v) is 6.12. The predicted molar refractivity (Wildman–Crippen MR) is 178 cm³/mol. The van der Waals surface area contributed by atoms with Gasteiger partial charge in [-0.1, -0.05) is 62.0 Å². The van der Waals surface area contributed by atoms with Crippen molar-refractivity contribution in [2.75, 3.05) is 17.2 Å². The number of hydrogen-bond donors (Lipinski definition) is 1. The number of hydrogen-bond acceptors (Lipinski definition) is 5. The van der Waals surface area contributed by atoms with Crippen LogP contribution in [0.4, 0.5) is 18.9 Å². The van der Waals surface area contributed by atoms with Gasteiger partial charge in [0, 0.05) is 19.2 Å². The lowest BCUT2D eigenvalue weighted by Gasteiger charge is -2.22. The second kappa shape index (κ2) is 13.5. The molecule has 0 spiro atoms. The number of nitrogens with zero attached hydrogens (tertiary/aromatic N) is 4. The van der Waals surface area contributed by atoms with Gasteiger partial charge in [-0.2, -0.15) is 10.1 Å². The van der Waals surface area contributed by atoms with Gasteiger partial charge in [-0.15, -0.1) is 13.2 Å². The molecule has 7 nitrogen and oxygen atoms in total. The van der Waals surface area contributed by atoms with Gasteiger partial charge >= 0.3 is 6.36 Å². The number of rotatable bonds is 8. The molecule has 45 heavy (non-hydrogen) atoms. The molecule has 0 aliphatic carbocycles. The second-order valence-electron chi connectivity index (χ2n) is 10.9. The van der Waals surface area contributed by atoms with Gasteiger partial charge < -0.3 is 10.1 Å². The number of ether oxygens (including phenoxy) is 1. The Morgan fingerprint density at radius 2 is 1.76 bits per heavy atom. The van der Waals surface area contributed by atoms with Gasteiger partial charge in [0.05, 0.1) is 22.8 Å². The number of carbonyl (C=O) groups excluding carboxylic acids is 1. The highest BCUT2D eigenvalue weighted by Gasteiger charge is 2.32. The Morgan fingerprint density at radius 1 is 1.07 bits per heavy atom. The fourth-order valence-electron chi connectivity index (χ4n) is 5.01. The Hall–Kier alpha value is -4.16. The quantitative estimate of drug-likeness (QED) is 0.198. The lowest BCUT2D eigenvalue weighted by molar-refractivity contribution is -0.274. The van der Waals surface area contributed by atoms with E-state index in [-0.39, 0.29) is 17.6 Å². The van der Waals surface area contributed by atoms with Crippen LogP contribution in [0.25, 0.3) is 22.5 Å². The molecule has 3 aromatic carbocycles. The van der Waals surface area contributed by atoms with Crippen molar-refractivity contribution in [1.29, 1.82) is 0 Å². The van der Waals surface area contributed by atoms with Gasteiger partial charge in [-0.25, -0.2) is 0 Å². The van der Waals surface area contributed by atoms with Crippen LogP contribution in [0.3, 0.4) is 0 Å². The maximum Gasteiger partial charge on any atom is 0.573 e. The van der Waals surface area contributed by atoms with E-state index in [0.29, 0.717) is 40.3 Å². The first-order chi connectivity index (χ1) is 21.4. The highest BCUT2D eigenvalue weighted by molar-refractivity contribution is 8.15. The Labute approximate surface area is 269 Å². The molecular formula is C33H32F3N5O2S2. The summed E-state index contributed by atoms with van der Waals surface area (Å²) < 4.78 is 43.1. The molecule has 5 rings (SSSR count). The van der Waals surface area contributed by atoms with E-state index in [9.17, 15) is 18.0 Å². The number of anilines is 1. The van der Waals surface area contributed by atoms with Crippen LogP contribution in [0, 0.1) is 6.92 Å². The third-order valence-electron chi connectivity index (χ3n) is 7.21. The minimum Gasteiger partial charge on any atom is -0.406 e. The Bertz CT molecular complexity index is 1730. The summed E-state index contributed by atoms with van der Waals surface area (Å²) in [6.45, 7) is 6.79.